The summed E-state index contributed by atoms with van der Waals surface area (Å²) < 4.78 is 5.48. The van der Waals surface area contributed by atoms with Gasteiger partial charge in [-0.1, -0.05) is 288 Å². The third-order valence-corrected chi connectivity index (χ3v) is 14.2. The third-order valence-electron chi connectivity index (χ3n) is 14.2. The van der Waals surface area contributed by atoms with Gasteiger partial charge in [0.05, 0.1) is 31.5 Å². The normalized spacial score (nSPS) is 13.3. The fraction of sp³-hybridized carbons (Fsp3) is 0.873. The van der Waals surface area contributed by atoms with Crippen LogP contribution in [-0.2, 0) is 14.3 Å². The Morgan fingerprint density at radius 2 is 0.786 bits per heavy atom. The van der Waals surface area contributed by atoms with Crippen molar-refractivity contribution in [1.29, 1.82) is 0 Å². The topological polar surface area (TPSA) is 116 Å². The number of amides is 1. The first kappa shape index (κ1) is 68.0. The van der Waals surface area contributed by atoms with Crippen molar-refractivity contribution in [2.24, 2.45) is 0 Å². The van der Waals surface area contributed by atoms with Crippen molar-refractivity contribution in [2.45, 2.75) is 340 Å². The molecule has 0 heterocycles. The lowest BCUT2D eigenvalue weighted by molar-refractivity contribution is -0.143. The monoisotopic (exact) mass is 986 g/mol. The maximum absolute atomic E-state index is 12.5. The molecule has 0 radical (unpaired) electrons. The zero-order chi connectivity index (χ0) is 50.9. The Kier molecular flexibility index (Phi) is 56.3. The van der Waals surface area contributed by atoms with E-state index in [1.165, 1.54) is 237 Å². The number of esters is 1. The summed E-state index contributed by atoms with van der Waals surface area (Å²) in [4.78, 5) is 24.5. The molecule has 0 unspecified atom stereocenters. The maximum Gasteiger partial charge on any atom is 0.305 e. The smallest absolute Gasteiger partial charge is 0.305 e. The number of aliphatic hydroxyl groups is 3. The highest BCUT2D eigenvalue weighted by Crippen LogP contribution is 2.17. The SMILES string of the molecule is CCCCC/C=C\C/C=C\CCCCCCCC(=O)OCCCCCCCCCCCCCCCCCCCCCCCCCCC(=O)N[C@@H](CO)[C@H](O)/C=C/[C@@H](O)CCCCCCCCCCCC. The second kappa shape index (κ2) is 57.9. The van der Waals surface area contributed by atoms with Crippen LogP contribution in [0.3, 0.4) is 0 Å². The van der Waals surface area contributed by atoms with Crippen molar-refractivity contribution in [1.82, 2.24) is 5.32 Å². The number of carbonyl (C=O) groups is 2. The first-order valence-electron chi connectivity index (χ1n) is 30.8. The van der Waals surface area contributed by atoms with Crippen LogP contribution in [0.2, 0.25) is 0 Å². The van der Waals surface area contributed by atoms with Crippen molar-refractivity contribution in [2.75, 3.05) is 13.2 Å². The van der Waals surface area contributed by atoms with E-state index < -0.39 is 18.2 Å². The van der Waals surface area contributed by atoms with E-state index in [2.05, 4.69) is 43.5 Å². The van der Waals surface area contributed by atoms with Crippen molar-refractivity contribution in [3.05, 3.63) is 36.5 Å². The number of aliphatic hydroxyl groups excluding tert-OH is 3. The molecule has 0 spiro atoms. The van der Waals surface area contributed by atoms with E-state index in [1.54, 1.807) is 6.08 Å². The van der Waals surface area contributed by atoms with Crippen LogP contribution in [0.4, 0.5) is 0 Å². The number of hydrogen-bond donors (Lipinski definition) is 4. The van der Waals surface area contributed by atoms with Gasteiger partial charge in [-0.25, -0.2) is 0 Å². The average molecular weight is 987 g/mol. The fourth-order valence-electron chi connectivity index (χ4n) is 9.45. The van der Waals surface area contributed by atoms with E-state index in [9.17, 15) is 24.9 Å². The molecular weight excluding hydrogens is 867 g/mol. The van der Waals surface area contributed by atoms with Crippen molar-refractivity contribution < 1.29 is 29.6 Å². The molecule has 1 amide bonds. The number of nitrogens with one attached hydrogen (secondary N) is 1. The van der Waals surface area contributed by atoms with Crippen molar-refractivity contribution >= 4 is 11.9 Å². The Labute approximate surface area is 435 Å². The predicted molar refractivity (Wildman–Crippen MR) is 302 cm³/mol. The quantitative estimate of drug-likeness (QED) is 0.0274. The first-order valence-corrected chi connectivity index (χ1v) is 30.8. The second-order valence-electron chi connectivity index (χ2n) is 21.2. The largest absolute Gasteiger partial charge is 0.466 e. The molecule has 3 atom stereocenters. The summed E-state index contributed by atoms with van der Waals surface area (Å²) in [5.74, 6) is -0.133. The summed E-state index contributed by atoms with van der Waals surface area (Å²) in [5, 5.41) is 33.3. The van der Waals surface area contributed by atoms with Crippen LogP contribution in [0.1, 0.15) is 322 Å². The van der Waals surface area contributed by atoms with E-state index >= 15 is 0 Å². The first-order chi connectivity index (χ1) is 34.4. The number of unbranched alkanes of at least 4 members (excludes halogenated alkanes) is 40. The van der Waals surface area contributed by atoms with E-state index in [4.69, 9.17) is 4.74 Å². The predicted octanol–water partition coefficient (Wildman–Crippen LogP) is 18.2. The molecule has 0 saturated heterocycles. The average Bonchev–Trinajstić information content (AvgIpc) is 3.36. The minimum Gasteiger partial charge on any atom is -0.466 e. The molecule has 7 heteroatoms. The maximum atomic E-state index is 12.5. The van der Waals surface area contributed by atoms with Gasteiger partial charge in [-0.3, -0.25) is 9.59 Å². The van der Waals surface area contributed by atoms with Crippen molar-refractivity contribution in [3.63, 3.8) is 0 Å². The minimum absolute atomic E-state index is 0.00237. The number of rotatable bonds is 57. The molecule has 7 nitrogen and oxygen atoms in total. The lowest BCUT2D eigenvalue weighted by Crippen LogP contribution is -2.45. The molecule has 0 aromatic rings. The van der Waals surface area contributed by atoms with Crippen LogP contribution in [0, 0.1) is 0 Å². The van der Waals surface area contributed by atoms with Gasteiger partial charge in [0.2, 0.25) is 5.91 Å². The third kappa shape index (κ3) is 53.8. The van der Waals surface area contributed by atoms with E-state index in [1.807, 2.05) is 0 Å². The molecule has 0 aliphatic carbocycles. The molecule has 0 saturated carbocycles. The molecule has 0 aliphatic heterocycles. The van der Waals surface area contributed by atoms with Gasteiger partial charge in [0.15, 0.2) is 0 Å². The lowest BCUT2D eigenvalue weighted by atomic mass is 10.0. The molecule has 70 heavy (non-hydrogen) atoms. The standard InChI is InChI=1S/C63H119NO6/c1-3-5-7-9-11-13-15-16-27-31-34-38-42-46-50-54-63(69)70-57-51-47-43-39-35-32-29-26-24-22-20-18-17-19-21-23-25-28-30-33-37-41-45-49-53-62(68)64-60(58-65)61(67)56-55-59(66)52-48-44-40-36-14-12-10-8-6-4-2/h11,13,16,27,55-56,59-61,65-67H,3-10,12,14-15,17-26,28-54,57-58H2,1-2H3,(H,64,68)/b13-11-,27-16-,56-55+/t59-,60-,61+/m0/s1. The fourth-order valence-corrected chi connectivity index (χ4v) is 9.45. The highest BCUT2D eigenvalue weighted by Gasteiger charge is 2.18. The number of hydrogen-bond acceptors (Lipinski definition) is 6. The molecule has 0 fully saturated rings. The van der Waals surface area contributed by atoms with E-state index in [0.29, 0.717) is 25.9 Å². The van der Waals surface area contributed by atoms with Gasteiger partial charge in [0.25, 0.3) is 0 Å². The van der Waals surface area contributed by atoms with Gasteiger partial charge in [-0.05, 0) is 57.8 Å². The summed E-state index contributed by atoms with van der Waals surface area (Å²) in [6.45, 7) is 4.77. The van der Waals surface area contributed by atoms with Gasteiger partial charge in [0.1, 0.15) is 0 Å². The summed E-state index contributed by atoms with van der Waals surface area (Å²) in [6.07, 6.45) is 69.1. The number of allylic oxidation sites excluding steroid dienone is 4. The Morgan fingerprint density at radius 1 is 0.429 bits per heavy atom. The number of ether oxygens (including phenoxy) is 1. The Morgan fingerprint density at radius 3 is 1.23 bits per heavy atom. The highest BCUT2D eigenvalue weighted by molar-refractivity contribution is 5.76. The van der Waals surface area contributed by atoms with E-state index in [-0.39, 0.29) is 18.5 Å². The molecule has 4 N–H and O–H groups in total. The number of carbonyl (C=O) groups excluding carboxylic acids is 2. The van der Waals surface area contributed by atoms with Crippen LogP contribution in [0.5, 0.6) is 0 Å². The zero-order valence-corrected chi connectivity index (χ0v) is 46.6. The molecule has 412 valence electrons. The molecule has 0 aromatic heterocycles. The Bertz CT molecular complexity index is 1150. The van der Waals surface area contributed by atoms with Gasteiger partial charge >= 0.3 is 5.97 Å². The van der Waals surface area contributed by atoms with Crippen LogP contribution in [0.15, 0.2) is 36.5 Å². The van der Waals surface area contributed by atoms with Crippen LogP contribution < -0.4 is 5.32 Å². The molecule has 0 rings (SSSR count). The minimum atomic E-state index is -1.02. The lowest BCUT2D eigenvalue weighted by Gasteiger charge is -2.20. The second-order valence-corrected chi connectivity index (χ2v) is 21.2. The molecular formula is C63H119NO6. The summed E-state index contributed by atoms with van der Waals surface area (Å²) in [6, 6.07) is -0.749. The summed E-state index contributed by atoms with van der Waals surface area (Å²) in [5.41, 5.74) is 0. The van der Waals surface area contributed by atoms with Gasteiger partial charge in [0, 0.05) is 12.8 Å². The van der Waals surface area contributed by atoms with Crippen LogP contribution in [0.25, 0.3) is 0 Å². The summed E-state index contributed by atoms with van der Waals surface area (Å²) >= 11 is 0. The summed E-state index contributed by atoms with van der Waals surface area (Å²) in [7, 11) is 0. The van der Waals surface area contributed by atoms with Crippen molar-refractivity contribution in [3.8, 4) is 0 Å². The Balaban J connectivity index is 3.43. The molecule has 0 aromatic carbocycles. The molecule has 0 aliphatic rings. The van der Waals surface area contributed by atoms with Gasteiger partial charge in [-0.15, -0.1) is 0 Å². The van der Waals surface area contributed by atoms with Crippen LogP contribution >= 0.6 is 0 Å². The Hall–Kier alpha value is -1.96. The zero-order valence-electron chi connectivity index (χ0n) is 46.6. The van der Waals surface area contributed by atoms with Gasteiger partial charge in [-0.2, -0.15) is 0 Å². The van der Waals surface area contributed by atoms with Gasteiger partial charge < -0.3 is 25.4 Å². The van der Waals surface area contributed by atoms with E-state index in [0.717, 1.165) is 57.8 Å². The van der Waals surface area contributed by atoms with Crippen LogP contribution in [-0.4, -0.2) is 58.7 Å². The highest BCUT2D eigenvalue weighted by atomic mass is 16.5. The molecule has 0 bridgehead atoms.